The molecular weight excluding hydrogens is 306 g/mol. The molecule has 3 heteroatoms. The SMILES string of the molecule is CCC(N)c1ccc(-c2c(C)cc(C)cc2Br)s1. The minimum Gasteiger partial charge on any atom is -0.323 e. The standard InChI is InChI=1S/C15H18BrNS/c1-4-12(17)13-5-6-14(18-13)15-10(3)7-9(2)8-11(15)16/h5-8,12H,4,17H2,1-3H3. The monoisotopic (exact) mass is 323 g/mol. The Balaban J connectivity index is 2.46. The third-order valence-electron chi connectivity index (χ3n) is 3.11. The van der Waals surface area contributed by atoms with E-state index in [2.05, 4.69) is 61.0 Å². The summed E-state index contributed by atoms with van der Waals surface area (Å²) in [5, 5.41) is 0. The van der Waals surface area contributed by atoms with E-state index in [0.29, 0.717) is 0 Å². The summed E-state index contributed by atoms with van der Waals surface area (Å²) in [6, 6.07) is 8.88. The van der Waals surface area contributed by atoms with E-state index in [1.54, 1.807) is 11.3 Å². The Morgan fingerprint density at radius 2 is 2.00 bits per heavy atom. The summed E-state index contributed by atoms with van der Waals surface area (Å²) in [6.07, 6.45) is 0.980. The molecule has 96 valence electrons. The van der Waals surface area contributed by atoms with Gasteiger partial charge < -0.3 is 5.73 Å². The Bertz CT molecular complexity index is 536. The molecule has 2 rings (SSSR count). The van der Waals surface area contributed by atoms with Gasteiger partial charge in [0.2, 0.25) is 0 Å². The van der Waals surface area contributed by atoms with E-state index in [1.807, 2.05) is 0 Å². The Morgan fingerprint density at radius 3 is 2.61 bits per heavy atom. The fraction of sp³-hybridized carbons (Fsp3) is 0.333. The molecule has 1 unspecified atom stereocenters. The maximum atomic E-state index is 6.08. The molecule has 0 saturated heterocycles. The highest BCUT2D eigenvalue weighted by Crippen LogP contribution is 2.38. The van der Waals surface area contributed by atoms with Crippen LogP contribution in [0.15, 0.2) is 28.7 Å². The van der Waals surface area contributed by atoms with Gasteiger partial charge in [-0.05, 0) is 49.6 Å². The van der Waals surface area contributed by atoms with Crippen molar-refractivity contribution in [2.45, 2.75) is 33.2 Å². The highest BCUT2D eigenvalue weighted by atomic mass is 79.9. The Kier molecular flexibility index (Phi) is 4.25. The van der Waals surface area contributed by atoms with Gasteiger partial charge in [-0.3, -0.25) is 0 Å². The third kappa shape index (κ3) is 2.68. The molecule has 1 heterocycles. The molecule has 0 aliphatic heterocycles. The molecule has 0 aliphatic carbocycles. The number of benzene rings is 1. The average molecular weight is 324 g/mol. The van der Waals surface area contributed by atoms with E-state index in [1.165, 1.54) is 30.9 Å². The summed E-state index contributed by atoms with van der Waals surface area (Å²) in [4.78, 5) is 2.55. The molecule has 2 N–H and O–H groups in total. The first kappa shape index (κ1) is 13.8. The van der Waals surface area contributed by atoms with Gasteiger partial charge in [0.15, 0.2) is 0 Å². The molecule has 18 heavy (non-hydrogen) atoms. The number of rotatable bonds is 3. The molecule has 1 aromatic heterocycles. The normalized spacial score (nSPS) is 12.7. The van der Waals surface area contributed by atoms with Crippen LogP contribution in [0.5, 0.6) is 0 Å². The second-order valence-electron chi connectivity index (χ2n) is 4.66. The van der Waals surface area contributed by atoms with E-state index in [-0.39, 0.29) is 6.04 Å². The van der Waals surface area contributed by atoms with Crippen molar-refractivity contribution in [3.05, 3.63) is 44.7 Å². The van der Waals surface area contributed by atoms with Gasteiger partial charge in [0.05, 0.1) is 0 Å². The lowest BCUT2D eigenvalue weighted by Crippen LogP contribution is -2.05. The highest BCUT2D eigenvalue weighted by Gasteiger charge is 2.12. The molecule has 0 saturated carbocycles. The molecule has 0 radical (unpaired) electrons. The highest BCUT2D eigenvalue weighted by molar-refractivity contribution is 9.10. The van der Waals surface area contributed by atoms with Gasteiger partial charge in [-0.15, -0.1) is 11.3 Å². The van der Waals surface area contributed by atoms with Crippen molar-refractivity contribution in [3.8, 4) is 10.4 Å². The van der Waals surface area contributed by atoms with Crippen molar-refractivity contribution in [3.63, 3.8) is 0 Å². The number of hydrogen-bond acceptors (Lipinski definition) is 2. The van der Waals surface area contributed by atoms with Crippen molar-refractivity contribution in [1.82, 2.24) is 0 Å². The number of hydrogen-bond donors (Lipinski definition) is 1. The topological polar surface area (TPSA) is 26.0 Å². The minimum absolute atomic E-state index is 0.160. The van der Waals surface area contributed by atoms with Crippen LogP contribution < -0.4 is 5.73 Å². The summed E-state index contributed by atoms with van der Waals surface area (Å²) < 4.78 is 1.17. The Morgan fingerprint density at radius 1 is 1.28 bits per heavy atom. The zero-order valence-corrected chi connectivity index (χ0v) is 13.4. The summed E-state index contributed by atoms with van der Waals surface area (Å²) >= 11 is 5.47. The van der Waals surface area contributed by atoms with Crippen molar-refractivity contribution in [2.75, 3.05) is 0 Å². The fourth-order valence-corrected chi connectivity index (χ4v) is 4.35. The number of thiophene rings is 1. The number of aryl methyl sites for hydroxylation is 2. The summed E-state index contributed by atoms with van der Waals surface area (Å²) in [5.41, 5.74) is 9.96. The first-order chi connectivity index (χ1) is 8.52. The van der Waals surface area contributed by atoms with Crippen LogP contribution in [0.3, 0.4) is 0 Å². The zero-order valence-electron chi connectivity index (χ0n) is 11.0. The van der Waals surface area contributed by atoms with Crippen LogP contribution in [-0.2, 0) is 0 Å². The quantitative estimate of drug-likeness (QED) is 0.824. The molecular formula is C15H18BrNS. The van der Waals surface area contributed by atoms with Gasteiger partial charge >= 0.3 is 0 Å². The molecule has 0 spiro atoms. The second-order valence-corrected chi connectivity index (χ2v) is 6.63. The van der Waals surface area contributed by atoms with Gasteiger partial charge in [-0.1, -0.05) is 28.9 Å². The van der Waals surface area contributed by atoms with E-state index >= 15 is 0 Å². The predicted octanol–water partition coefficient (Wildman–Crippen LogP) is 5.20. The number of nitrogens with two attached hydrogens (primary N) is 1. The van der Waals surface area contributed by atoms with Gasteiger partial charge in [0, 0.05) is 25.8 Å². The van der Waals surface area contributed by atoms with Crippen LogP contribution in [-0.4, -0.2) is 0 Å². The molecule has 0 fully saturated rings. The Hall–Kier alpha value is -0.640. The van der Waals surface area contributed by atoms with E-state index in [9.17, 15) is 0 Å². The van der Waals surface area contributed by atoms with Crippen LogP contribution in [0.1, 0.15) is 35.4 Å². The first-order valence-electron chi connectivity index (χ1n) is 6.15. The van der Waals surface area contributed by atoms with Crippen LogP contribution in [0.2, 0.25) is 0 Å². The van der Waals surface area contributed by atoms with Crippen molar-refractivity contribution < 1.29 is 0 Å². The summed E-state index contributed by atoms with van der Waals surface area (Å²) in [7, 11) is 0. The molecule has 2 aromatic rings. The maximum Gasteiger partial charge on any atom is 0.0387 e. The third-order valence-corrected chi connectivity index (χ3v) is 4.97. The predicted molar refractivity (Wildman–Crippen MR) is 84.1 cm³/mol. The van der Waals surface area contributed by atoms with E-state index in [4.69, 9.17) is 5.73 Å². The van der Waals surface area contributed by atoms with E-state index in [0.717, 1.165) is 6.42 Å². The maximum absolute atomic E-state index is 6.08. The van der Waals surface area contributed by atoms with Crippen molar-refractivity contribution in [2.24, 2.45) is 5.73 Å². The van der Waals surface area contributed by atoms with Gasteiger partial charge in [-0.2, -0.15) is 0 Å². The van der Waals surface area contributed by atoms with Crippen LogP contribution in [0.25, 0.3) is 10.4 Å². The minimum atomic E-state index is 0.160. The van der Waals surface area contributed by atoms with E-state index < -0.39 is 0 Å². The van der Waals surface area contributed by atoms with Crippen LogP contribution >= 0.6 is 27.3 Å². The average Bonchev–Trinajstić information content (AvgIpc) is 2.76. The molecule has 0 aliphatic rings. The number of halogens is 1. The smallest absolute Gasteiger partial charge is 0.0387 e. The summed E-state index contributed by atoms with van der Waals surface area (Å²) in [5.74, 6) is 0. The zero-order chi connectivity index (χ0) is 13.3. The van der Waals surface area contributed by atoms with Crippen LogP contribution in [0, 0.1) is 13.8 Å². The van der Waals surface area contributed by atoms with Crippen LogP contribution in [0.4, 0.5) is 0 Å². The van der Waals surface area contributed by atoms with Gasteiger partial charge in [-0.25, -0.2) is 0 Å². The molecule has 1 atom stereocenters. The molecule has 0 bridgehead atoms. The van der Waals surface area contributed by atoms with Crippen molar-refractivity contribution >= 4 is 27.3 Å². The molecule has 1 nitrogen and oxygen atoms in total. The summed E-state index contributed by atoms with van der Waals surface area (Å²) in [6.45, 7) is 6.40. The van der Waals surface area contributed by atoms with Crippen molar-refractivity contribution in [1.29, 1.82) is 0 Å². The largest absolute Gasteiger partial charge is 0.323 e. The second kappa shape index (κ2) is 5.55. The lowest BCUT2D eigenvalue weighted by Gasteiger charge is -2.08. The van der Waals surface area contributed by atoms with Gasteiger partial charge in [0.25, 0.3) is 0 Å². The molecule has 1 aromatic carbocycles. The Labute approximate surface area is 121 Å². The lowest BCUT2D eigenvalue weighted by molar-refractivity contribution is 0.712. The first-order valence-corrected chi connectivity index (χ1v) is 7.76. The molecule has 0 amide bonds. The van der Waals surface area contributed by atoms with Gasteiger partial charge in [0.1, 0.15) is 0 Å². The lowest BCUT2D eigenvalue weighted by atomic mass is 10.0. The fourth-order valence-electron chi connectivity index (χ4n) is 2.12.